The summed E-state index contributed by atoms with van der Waals surface area (Å²) in [7, 11) is 0. The summed E-state index contributed by atoms with van der Waals surface area (Å²) in [6, 6.07) is 15.7. The Kier molecular flexibility index (Phi) is 5.91. The van der Waals surface area contributed by atoms with Gasteiger partial charge in [-0.1, -0.05) is 35.9 Å². The van der Waals surface area contributed by atoms with Crippen molar-refractivity contribution >= 4 is 17.5 Å². The van der Waals surface area contributed by atoms with E-state index >= 15 is 0 Å². The molecule has 3 aromatic rings. The molecular weight excluding hydrogens is 424 g/mol. The van der Waals surface area contributed by atoms with Gasteiger partial charge in [-0.15, -0.1) is 0 Å². The summed E-state index contributed by atoms with van der Waals surface area (Å²) < 4.78 is 6.37. The number of pyridine rings is 2. The normalized spacial score (nSPS) is 23.7. The standard InChI is InChI=1S/C25H25ClN4O2/c26-23-6-2-1-4-21(23)16-29-17-22(20-5-3-9-28-14-20)25(18-29)24(31)30(12-13-32-25)15-19-7-10-27-11-8-19/h1-11,14,22H,12-13,15-18H2/t22-,25+/m1/s1. The van der Waals surface area contributed by atoms with Gasteiger partial charge in [-0.3, -0.25) is 19.7 Å². The number of hydrogen-bond donors (Lipinski definition) is 0. The minimum Gasteiger partial charge on any atom is -0.361 e. The van der Waals surface area contributed by atoms with E-state index in [2.05, 4.69) is 14.9 Å². The summed E-state index contributed by atoms with van der Waals surface area (Å²) in [6.45, 7) is 3.52. The molecule has 0 bridgehead atoms. The smallest absolute Gasteiger partial charge is 0.257 e. The van der Waals surface area contributed by atoms with Crippen LogP contribution in [-0.2, 0) is 22.6 Å². The quantitative estimate of drug-likeness (QED) is 0.597. The van der Waals surface area contributed by atoms with E-state index in [0.29, 0.717) is 39.3 Å². The lowest BCUT2D eigenvalue weighted by atomic mass is 9.83. The Labute approximate surface area is 192 Å². The van der Waals surface area contributed by atoms with Gasteiger partial charge in [-0.2, -0.15) is 0 Å². The zero-order chi connectivity index (χ0) is 22.0. The Hall–Kier alpha value is -2.80. The first-order valence-corrected chi connectivity index (χ1v) is 11.2. The third-order valence-corrected chi connectivity index (χ3v) is 6.76. The highest BCUT2D eigenvalue weighted by Crippen LogP contribution is 2.42. The van der Waals surface area contributed by atoms with Gasteiger partial charge in [0.2, 0.25) is 0 Å². The minimum absolute atomic E-state index is 0.0380. The maximum atomic E-state index is 13.9. The van der Waals surface area contributed by atoms with Crippen molar-refractivity contribution in [3.63, 3.8) is 0 Å². The Morgan fingerprint density at radius 2 is 1.88 bits per heavy atom. The minimum atomic E-state index is -0.935. The highest BCUT2D eigenvalue weighted by atomic mass is 35.5. The van der Waals surface area contributed by atoms with Crippen molar-refractivity contribution in [2.75, 3.05) is 26.2 Å². The second kappa shape index (κ2) is 8.98. The largest absolute Gasteiger partial charge is 0.361 e. The van der Waals surface area contributed by atoms with Gasteiger partial charge < -0.3 is 9.64 Å². The topological polar surface area (TPSA) is 58.6 Å². The van der Waals surface area contributed by atoms with Gasteiger partial charge in [0.25, 0.3) is 5.91 Å². The molecule has 0 unspecified atom stereocenters. The number of hydrogen-bond acceptors (Lipinski definition) is 5. The van der Waals surface area contributed by atoms with E-state index in [1.54, 1.807) is 18.6 Å². The third kappa shape index (κ3) is 4.01. The van der Waals surface area contributed by atoms with Crippen LogP contribution in [0.4, 0.5) is 0 Å². The number of morpholine rings is 1. The fourth-order valence-electron chi connectivity index (χ4n) is 4.85. The van der Waals surface area contributed by atoms with Gasteiger partial charge in [-0.05, 0) is 41.0 Å². The Bertz CT molecular complexity index is 1080. The molecular formula is C25H25ClN4O2. The lowest BCUT2D eigenvalue weighted by Gasteiger charge is -2.42. The first kappa shape index (κ1) is 21.1. The molecule has 2 saturated heterocycles. The first-order valence-electron chi connectivity index (χ1n) is 10.8. The molecule has 1 amide bonds. The second-order valence-electron chi connectivity index (χ2n) is 8.42. The number of likely N-dealkylation sites (tertiary alicyclic amines) is 1. The molecule has 2 aliphatic heterocycles. The molecule has 2 atom stereocenters. The highest BCUT2D eigenvalue weighted by molar-refractivity contribution is 6.31. The number of nitrogens with zero attached hydrogens (tertiary/aromatic N) is 4. The van der Waals surface area contributed by atoms with Crippen LogP contribution in [0.2, 0.25) is 5.02 Å². The molecule has 1 aromatic carbocycles. The number of benzene rings is 1. The molecule has 7 heteroatoms. The van der Waals surface area contributed by atoms with E-state index in [-0.39, 0.29) is 11.8 Å². The monoisotopic (exact) mass is 448 g/mol. The fraction of sp³-hybridized carbons (Fsp3) is 0.320. The number of amides is 1. The molecule has 6 nitrogen and oxygen atoms in total. The number of aromatic nitrogens is 2. The molecule has 2 aliphatic rings. The summed E-state index contributed by atoms with van der Waals surface area (Å²) in [5, 5.41) is 0.738. The van der Waals surface area contributed by atoms with Crippen molar-refractivity contribution in [3.05, 3.63) is 95.0 Å². The number of rotatable bonds is 5. The van der Waals surface area contributed by atoms with E-state index in [1.165, 1.54) is 0 Å². The molecule has 2 aromatic heterocycles. The number of carbonyl (C=O) groups is 1. The fourth-order valence-corrected chi connectivity index (χ4v) is 5.04. The van der Waals surface area contributed by atoms with Gasteiger partial charge >= 0.3 is 0 Å². The van der Waals surface area contributed by atoms with Gasteiger partial charge in [0.1, 0.15) is 0 Å². The maximum Gasteiger partial charge on any atom is 0.257 e. The number of carbonyl (C=O) groups excluding carboxylic acids is 1. The predicted octanol–water partition coefficient (Wildman–Crippen LogP) is 3.53. The SMILES string of the molecule is O=C1N(Cc2ccncc2)CCO[C@]12CN(Cc1ccccc1Cl)C[C@@H]2c1cccnc1. The maximum absolute atomic E-state index is 13.9. The lowest BCUT2D eigenvalue weighted by molar-refractivity contribution is -0.173. The Balaban J connectivity index is 1.45. The predicted molar refractivity (Wildman–Crippen MR) is 122 cm³/mol. The van der Waals surface area contributed by atoms with Crippen molar-refractivity contribution in [1.29, 1.82) is 0 Å². The molecule has 2 fully saturated rings. The zero-order valence-corrected chi connectivity index (χ0v) is 18.5. The van der Waals surface area contributed by atoms with Crippen LogP contribution < -0.4 is 0 Å². The van der Waals surface area contributed by atoms with Crippen LogP contribution in [0.1, 0.15) is 22.6 Å². The van der Waals surface area contributed by atoms with Gasteiger partial charge in [-0.25, -0.2) is 0 Å². The summed E-state index contributed by atoms with van der Waals surface area (Å²) in [5.41, 5.74) is 2.20. The van der Waals surface area contributed by atoms with Crippen LogP contribution in [0.25, 0.3) is 0 Å². The zero-order valence-electron chi connectivity index (χ0n) is 17.7. The van der Waals surface area contributed by atoms with E-state index in [0.717, 1.165) is 21.7 Å². The van der Waals surface area contributed by atoms with Crippen LogP contribution in [0.3, 0.4) is 0 Å². The first-order chi connectivity index (χ1) is 15.7. The lowest BCUT2D eigenvalue weighted by Crippen LogP contribution is -2.59. The number of ether oxygens (including phenoxy) is 1. The molecule has 0 aliphatic carbocycles. The molecule has 0 radical (unpaired) electrons. The summed E-state index contributed by atoms with van der Waals surface area (Å²) >= 11 is 6.43. The molecule has 164 valence electrons. The van der Waals surface area contributed by atoms with Crippen molar-refractivity contribution in [1.82, 2.24) is 19.8 Å². The molecule has 32 heavy (non-hydrogen) atoms. The van der Waals surface area contributed by atoms with Crippen LogP contribution in [0.15, 0.2) is 73.3 Å². The summed E-state index contributed by atoms with van der Waals surface area (Å²) in [5.74, 6) is -0.0671. The molecule has 5 rings (SSSR count). The van der Waals surface area contributed by atoms with E-state index in [4.69, 9.17) is 16.3 Å². The average Bonchev–Trinajstić information content (AvgIpc) is 3.18. The van der Waals surface area contributed by atoms with Crippen LogP contribution in [-0.4, -0.2) is 57.5 Å². The molecule has 4 heterocycles. The van der Waals surface area contributed by atoms with Crippen molar-refractivity contribution in [3.8, 4) is 0 Å². The Morgan fingerprint density at radius 1 is 1.03 bits per heavy atom. The second-order valence-corrected chi connectivity index (χ2v) is 8.83. The van der Waals surface area contributed by atoms with Crippen molar-refractivity contribution < 1.29 is 9.53 Å². The van der Waals surface area contributed by atoms with Gasteiger partial charge in [0, 0.05) is 68.5 Å². The number of halogens is 1. The van der Waals surface area contributed by atoms with Gasteiger partial charge in [0.15, 0.2) is 5.60 Å². The molecule has 1 spiro atoms. The van der Waals surface area contributed by atoms with Crippen molar-refractivity contribution in [2.45, 2.75) is 24.6 Å². The van der Waals surface area contributed by atoms with E-state index in [9.17, 15) is 4.79 Å². The average molecular weight is 449 g/mol. The van der Waals surface area contributed by atoms with Crippen LogP contribution >= 0.6 is 11.6 Å². The van der Waals surface area contributed by atoms with Crippen LogP contribution in [0.5, 0.6) is 0 Å². The van der Waals surface area contributed by atoms with Crippen LogP contribution in [0, 0.1) is 0 Å². The third-order valence-electron chi connectivity index (χ3n) is 6.39. The molecule has 0 saturated carbocycles. The highest BCUT2D eigenvalue weighted by Gasteiger charge is 2.57. The van der Waals surface area contributed by atoms with Crippen molar-refractivity contribution in [2.24, 2.45) is 0 Å². The molecule has 0 N–H and O–H groups in total. The Morgan fingerprint density at radius 3 is 2.66 bits per heavy atom. The van der Waals surface area contributed by atoms with E-state index < -0.39 is 5.60 Å². The van der Waals surface area contributed by atoms with Gasteiger partial charge in [0.05, 0.1) is 6.61 Å². The summed E-state index contributed by atoms with van der Waals surface area (Å²) in [6.07, 6.45) is 7.13. The van der Waals surface area contributed by atoms with E-state index in [1.807, 2.05) is 59.6 Å². The summed E-state index contributed by atoms with van der Waals surface area (Å²) in [4.78, 5) is 26.5.